The second-order valence-corrected chi connectivity index (χ2v) is 8.02. The van der Waals surface area contributed by atoms with E-state index in [0.29, 0.717) is 42.2 Å². The number of rotatable bonds is 9. The number of nitrogens with zero attached hydrogens (tertiary/aromatic N) is 3. The first kappa shape index (κ1) is 22.5. The minimum Gasteiger partial charge on any atom is -0.326 e. The topological polar surface area (TPSA) is 102 Å². The fourth-order valence-corrected chi connectivity index (χ4v) is 3.48. The highest BCUT2D eigenvalue weighted by Crippen LogP contribution is 2.17. The van der Waals surface area contributed by atoms with Gasteiger partial charge >= 0.3 is 5.69 Å². The Labute approximate surface area is 179 Å². The summed E-state index contributed by atoms with van der Waals surface area (Å²) >= 11 is 0. The third-order valence-corrected chi connectivity index (χ3v) is 4.95. The van der Waals surface area contributed by atoms with Gasteiger partial charge in [0.05, 0.1) is 0 Å². The molecule has 2 aromatic heterocycles. The monoisotopic (exact) mass is 429 g/mol. The van der Waals surface area contributed by atoms with Crippen LogP contribution >= 0.6 is 0 Å². The van der Waals surface area contributed by atoms with Gasteiger partial charge in [-0.2, -0.15) is 0 Å². The molecule has 3 aromatic rings. The molecular formula is C22H28FN5O3. The van der Waals surface area contributed by atoms with Crippen molar-refractivity contribution >= 4 is 22.8 Å². The predicted molar refractivity (Wildman–Crippen MR) is 118 cm³/mol. The maximum Gasteiger partial charge on any atom is 0.330 e. The minimum absolute atomic E-state index is 0.135. The number of hydrogen-bond acceptors (Lipinski definition) is 4. The number of aromatic amines is 1. The SMILES string of the molecule is CCCCn1c(=O)[nH]c(=O)c2c1nc(CCC(=O)Nc1ccc(F)cc1)n2CC(C)C. The molecule has 31 heavy (non-hydrogen) atoms. The highest BCUT2D eigenvalue weighted by molar-refractivity contribution is 5.90. The van der Waals surface area contributed by atoms with Crippen molar-refractivity contribution in [3.05, 3.63) is 56.7 Å². The Balaban J connectivity index is 1.91. The summed E-state index contributed by atoms with van der Waals surface area (Å²) in [6.07, 6.45) is 2.12. The summed E-state index contributed by atoms with van der Waals surface area (Å²) in [6.45, 7) is 7.08. The van der Waals surface area contributed by atoms with Crippen LogP contribution in [0.5, 0.6) is 0 Å². The number of anilines is 1. The van der Waals surface area contributed by atoms with Gasteiger partial charge in [-0.15, -0.1) is 0 Å². The number of imidazole rings is 1. The Morgan fingerprint density at radius 1 is 1.19 bits per heavy atom. The molecule has 8 nitrogen and oxygen atoms in total. The number of benzene rings is 1. The molecule has 0 atom stereocenters. The average Bonchev–Trinajstić information content (AvgIpc) is 3.06. The molecule has 0 aliphatic heterocycles. The van der Waals surface area contributed by atoms with Gasteiger partial charge in [0.15, 0.2) is 11.2 Å². The lowest BCUT2D eigenvalue weighted by Crippen LogP contribution is -2.31. The molecule has 0 bridgehead atoms. The van der Waals surface area contributed by atoms with Crippen LogP contribution in [0.4, 0.5) is 10.1 Å². The summed E-state index contributed by atoms with van der Waals surface area (Å²) in [4.78, 5) is 44.4. The van der Waals surface area contributed by atoms with Crippen molar-refractivity contribution in [3.63, 3.8) is 0 Å². The van der Waals surface area contributed by atoms with Crippen LogP contribution in [-0.2, 0) is 24.3 Å². The average molecular weight is 429 g/mol. The number of H-pyrrole nitrogens is 1. The lowest BCUT2D eigenvalue weighted by Gasteiger charge is -2.11. The highest BCUT2D eigenvalue weighted by atomic mass is 19.1. The van der Waals surface area contributed by atoms with Crippen LogP contribution in [0.15, 0.2) is 33.9 Å². The number of carbonyl (C=O) groups excluding carboxylic acids is 1. The molecule has 2 N–H and O–H groups in total. The van der Waals surface area contributed by atoms with Gasteiger partial charge < -0.3 is 9.88 Å². The molecule has 1 aromatic carbocycles. The maximum absolute atomic E-state index is 13.0. The summed E-state index contributed by atoms with van der Waals surface area (Å²) in [5, 5.41) is 2.73. The maximum atomic E-state index is 13.0. The number of hydrogen-bond donors (Lipinski definition) is 2. The molecule has 2 heterocycles. The summed E-state index contributed by atoms with van der Waals surface area (Å²) in [5.41, 5.74) is 0.283. The number of unbranched alkanes of at least 4 members (excludes halogenated alkanes) is 1. The zero-order valence-electron chi connectivity index (χ0n) is 18.1. The van der Waals surface area contributed by atoms with Crippen molar-refractivity contribution in [3.8, 4) is 0 Å². The van der Waals surface area contributed by atoms with Crippen molar-refractivity contribution in [1.29, 1.82) is 0 Å². The lowest BCUT2D eigenvalue weighted by atomic mass is 10.2. The zero-order chi connectivity index (χ0) is 22.5. The standard InChI is InChI=1S/C22H28FN5O3/c1-4-5-12-27-20-19(21(30)26-22(27)31)28(13-14(2)3)17(25-20)10-11-18(29)24-16-8-6-15(23)7-9-16/h6-9,14H,4-5,10-13H2,1-3H3,(H,24,29)(H,26,30,31). The quantitative estimate of drug-likeness (QED) is 0.546. The molecule has 3 rings (SSSR count). The van der Waals surface area contributed by atoms with Gasteiger partial charge in [0.1, 0.15) is 11.6 Å². The van der Waals surface area contributed by atoms with Crippen LogP contribution in [0.3, 0.4) is 0 Å². The van der Waals surface area contributed by atoms with Crippen molar-refractivity contribution in [2.45, 2.75) is 59.5 Å². The van der Waals surface area contributed by atoms with Gasteiger partial charge in [-0.05, 0) is 36.6 Å². The van der Waals surface area contributed by atoms with E-state index in [-0.39, 0.29) is 24.1 Å². The van der Waals surface area contributed by atoms with E-state index in [1.807, 2.05) is 25.3 Å². The van der Waals surface area contributed by atoms with Crippen LogP contribution in [0.25, 0.3) is 11.2 Å². The molecule has 0 spiro atoms. The molecule has 0 aliphatic carbocycles. The number of fused-ring (bicyclic) bond motifs is 1. The van der Waals surface area contributed by atoms with Gasteiger partial charge in [0, 0.05) is 31.6 Å². The fraction of sp³-hybridized carbons (Fsp3) is 0.455. The summed E-state index contributed by atoms with van der Waals surface area (Å²) < 4.78 is 16.3. The fourth-order valence-electron chi connectivity index (χ4n) is 3.48. The van der Waals surface area contributed by atoms with E-state index in [1.54, 1.807) is 0 Å². The Bertz CT molecular complexity index is 1170. The van der Waals surface area contributed by atoms with Crippen LogP contribution in [0.1, 0.15) is 45.9 Å². The molecule has 0 radical (unpaired) electrons. The van der Waals surface area contributed by atoms with E-state index in [9.17, 15) is 18.8 Å². The number of amides is 1. The van der Waals surface area contributed by atoms with E-state index in [0.717, 1.165) is 12.8 Å². The third kappa shape index (κ3) is 5.28. The molecule has 0 fully saturated rings. The molecule has 1 amide bonds. The summed E-state index contributed by atoms with van der Waals surface area (Å²) in [6, 6.07) is 5.54. The van der Waals surface area contributed by atoms with Crippen LogP contribution in [0.2, 0.25) is 0 Å². The minimum atomic E-state index is -0.472. The normalized spacial score (nSPS) is 11.4. The van der Waals surface area contributed by atoms with Crippen LogP contribution < -0.4 is 16.6 Å². The largest absolute Gasteiger partial charge is 0.330 e. The Morgan fingerprint density at radius 3 is 2.55 bits per heavy atom. The Hall–Kier alpha value is -3.23. The number of aryl methyl sites for hydroxylation is 2. The Morgan fingerprint density at radius 2 is 1.90 bits per heavy atom. The van der Waals surface area contributed by atoms with E-state index in [1.165, 1.54) is 28.8 Å². The number of aromatic nitrogens is 4. The first-order valence-electron chi connectivity index (χ1n) is 10.6. The van der Waals surface area contributed by atoms with Gasteiger partial charge in [-0.3, -0.25) is 19.1 Å². The van der Waals surface area contributed by atoms with Crippen LogP contribution in [-0.4, -0.2) is 25.0 Å². The predicted octanol–water partition coefficient (Wildman–Crippen LogP) is 3.05. The summed E-state index contributed by atoms with van der Waals surface area (Å²) in [5.74, 6) is 0.200. The molecule has 0 unspecified atom stereocenters. The first-order chi connectivity index (χ1) is 14.8. The van der Waals surface area contributed by atoms with E-state index >= 15 is 0 Å². The smallest absolute Gasteiger partial charge is 0.326 e. The zero-order valence-corrected chi connectivity index (χ0v) is 18.1. The van der Waals surface area contributed by atoms with Crippen LogP contribution in [0, 0.1) is 11.7 Å². The molecule has 9 heteroatoms. The number of nitrogens with one attached hydrogen (secondary N) is 2. The van der Waals surface area contributed by atoms with E-state index in [2.05, 4.69) is 15.3 Å². The second kappa shape index (κ2) is 9.72. The molecular weight excluding hydrogens is 401 g/mol. The highest BCUT2D eigenvalue weighted by Gasteiger charge is 2.19. The van der Waals surface area contributed by atoms with Gasteiger partial charge in [-0.1, -0.05) is 27.2 Å². The van der Waals surface area contributed by atoms with Gasteiger partial charge in [0.25, 0.3) is 5.56 Å². The van der Waals surface area contributed by atoms with Gasteiger partial charge in [0.2, 0.25) is 5.91 Å². The van der Waals surface area contributed by atoms with Crippen molar-refractivity contribution in [1.82, 2.24) is 19.1 Å². The van der Waals surface area contributed by atoms with E-state index in [4.69, 9.17) is 0 Å². The van der Waals surface area contributed by atoms with Gasteiger partial charge in [-0.25, -0.2) is 14.2 Å². The molecule has 166 valence electrons. The van der Waals surface area contributed by atoms with E-state index < -0.39 is 11.2 Å². The number of halogens is 1. The van der Waals surface area contributed by atoms with Crippen molar-refractivity contribution in [2.24, 2.45) is 5.92 Å². The number of carbonyl (C=O) groups is 1. The third-order valence-electron chi connectivity index (χ3n) is 4.95. The first-order valence-corrected chi connectivity index (χ1v) is 10.6. The molecule has 0 saturated carbocycles. The lowest BCUT2D eigenvalue weighted by molar-refractivity contribution is -0.116. The van der Waals surface area contributed by atoms with Crippen molar-refractivity contribution < 1.29 is 9.18 Å². The molecule has 0 saturated heterocycles. The summed E-state index contributed by atoms with van der Waals surface area (Å²) in [7, 11) is 0. The Kier molecular flexibility index (Phi) is 7.04. The second-order valence-electron chi connectivity index (χ2n) is 8.02. The molecule has 0 aliphatic rings. The van der Waals surface area contributed by atoms with Crippen molar-refractivity contribution in [2.75, 3.05) is 5.32 Å².